The Balaban J connectivity index is 1.53. The minimum atomic E-state index is -4.93. The molecule has 0 atom stereocenters. The predicted octanol–water partition coefficient (Wildman–Crippen LogP) is 3.23. The van der Waals surface area contributed by atoms with Crippen molar-refractivity contribution >= 4 is 17.5 Å². The van der Waals surface area contributed by atoms with Crippen molar-refractivity contribution in [1.82, 2.24) is 25.0 Å². The summed E-state index contributed by atoms with van der Waals surface area (Å²) in [6.45, 7) is 0. The molecule has 0 bridgehead atoms. The number of primary amides is 1. The number of methoxy groups -OCH3 is 1. The molecule has 36 heavy (non-hydrogen) atoms. The summed E-state index contributed by atoms with van der Waals surface area (Å²) in [5, 5.41) is 13.3. The lowest BCUT2D eigenvalue weighted by Crippen LogP contribution is -2.21. The summed E-state index contributed by atoms with van der Waals surface area (Å²) in [6.07, 6.45) is -2.96. The molecule has 1 aromatic carbocycles. The monoisotopic (exact) mass is 499 g/mol. The van der Waals surface area contributed by atoms with Crippen molar-refractivity contribution in [1.29, 1.82) is 0 Å². The molecule has 3 aromatic heterocycles. The zero-order chi connectivity index (χ0) is 25.9. The summed E-state index contributed by atoms with van der Waals surface area (Å²) in [5.74, 6) is -1.47. The van der Waals surface area contributed by atoms with Crippen molar-refractivity contribution in [2.75, 3.05) is 12.4 Å². The highest BCUT2D eigenvalue weighted by Gasteiger charge is 2.41. The number of aromatic nitrogens is 5. The van der Waals surface area contributed by atoms with E-state index in [9.17, 15) is 22.8 Å². The molecule has 0 aliphatic rings. The van der Waals surface area contributed by atoms with Crippen LogP contribution in [0.4, 0.5) is 18.9 Å². The Morgan fingerprint density at radius 2 is 1.81 bits per heavy atom. The Morgan fingerprint density at radius 1 is 1.03 bits per heavy atom. The van der Waals surface area contributed by atoms with Gasteiger partial charge in [0, 0.05) is 17.7 Å². The van der Waals surface area contributed by atoms with Gasteiger partial charge in [-0.25, -0.2) is 9.67 Å². The van der Waals surface area contributed by atoms with E-state index in [0.717, 1.165) is 6.20 Å². The molecule has 0 fully saturated rings. The summed E-state index contributed by atoms with van der Waals surface area (Å²) >= 11 is 0. The van der Waals surface area contributed by atoms with Crippen molar-refractivity contribution in [3.05, 3.63) is 77.7 Å². The third kappa shape index (κ3) is 5.22. The minimum Gasteiger partial charge on any atom is -0.480 e. The molecule has 2 amide bonds. The Kier molecular flexibility index (Phi) is 6.50. The Hall–Kier alpha value is -5.01. The normalized spacial score (nSPS) is 11.1. The maximum absolute atomic E-state index is 13.8. The van der Waals surface area contributed by atoms with Crippen LogP contribution >= 0.6 is 0 Å². The molecule has 3 N–H and O–H groups in total. The third-order valence-corrected chi connectivity index (χ3v) is 4.67. The van der Waals surface area contributed by atoms with Crippen LogP contribution in [0.25, 0.3) is 5.82 Å². The van der Waals surface area contributed by atoms with Crippen molar-refractivity contribution < 1.29 is 32.2 Å². The number of amides is 2. The van der Waals surface area contributed by atoms with Crippen LogP contribution in [0, 0.1) is 0 Å². The second-order valence-corrected chi connectivity index (χ2v) is 7.08. The van der Waals surface area contributed by atoms with Crippen LogP contribution < -0.4 is 20.5 Å². The zero-order valence-electron chi connectivity index (χ0n) is 18.4. The predicted molar refractivity (Wildman–Crippen MR) is 118 cm³/mol. The lowest BCUT2D eigenvalue weighted by molar-refractivity contribution is -0.143. The van der Waals surface area contributed by atoms with Gasteiger partial charge in [0.2, 0.25) is 17.7 Å². The van der Waals surface area contributed by atoms with Crippen LogP contribution in [0.1, 0.15) is 26.4 Å². The first kappa shape index (κ1) is 24.1. The van der Waals surface area contributed by atoms with E-state index in [-0.39, 0.29) is 28.8 Å². The highest BCUT2D eigenvalue weighted by Crippen LogP contribution is 2.34. The molecule has 0 saturated carbocycles. The largest absolute Gasteiger partial charge is 0.480 e. The highest BCUT2D eigenvalue weighted by molar-refractivity contribution is 6.05. The zero-order valence-corrected chi connectivity index (χ0v) is 18.4. The topological polar surface area (TPSA) is 147 Å². The van der Waals surface area contributed by atoms with Crippen molar-refractivity contribution in [2.45, 2.75) is 6.18 Å². The summed E-state index contributed by atoms with van der Waals surface area (Å²) in [7, 11) is 1.33. The number of pyridine rings is 1. The number of nitrogens with two attached hydrogens (primary N) is 1. The summed E-state index contributed by atoms with van der Waals surface area (Å²) < 4.78 is 52.4. The molecule has 0 spiro atoms. The van der Waals surface area contributed by atoms with E-state index in [1.165, 1.54) is 49.7 Å². The number of carbonyl (C=O) groups is 2. The highest BCUT2D eigenvalue weighted by atomic mass is 19.4. The van der Waals surface area contributed by atoms with Gasteiger partial charge >= 0.3 is 6.18 Å². The number of anilines is 1. The van der Waals surface area contributed by atoms with Crippen LogP contribution in [-0.2, 0) is 6.18 Å². The van der Waals surface area contributed by atoms with Crippen LogP contribution in [-0.4, -0.2) is 43.9 Å². The number of halogens is 3. The van der Waals surface area contributed by atoms with E-state index in [0.29, 0.717) is 10.4 Å². The van der Waals surface area contributed by atoms with Gasteiger partial charge in [0.15, 0.2) is 11.5 Å². The second kappa shape index (κ2) is 9.69. The molecule has 0 saturated heterocycles. The summed E-state index contributed by atoms with van der Waals surface area (Å²) in [6, 6.07) is 11.4. The Morgan fingerprint density at radius 3 is 2.42 bits per heavy atom. The van der Waals surface area contributed by atoms with E-state index in [1.807, 2.05) is 0 Å². The molecule has 0 unspecified atom stereocenters. The first-order valence-electron chi connectivity index (χ1n) is 10.0. The van der Waals surface area contributed by atoms with Crippen molar-refractivity contribution in [3.63, 3.8) is 0 Å². The van der Waals surface area contributed by atoms with E-state index in [4.69, 9.17) is 15.2 Å². The SMILES string of the molecule is COc1ccc(-n2ncc(C(=O)Nc3ccc(Oc4cccc(C(N)=O)c4)nc3)c2C(F)(F)F)nn1. The lowest BCUT2D eigenvalue weighted by Gasteiger charge is -2.12. The molecule has 14 heteroatoms. The number of ether oxygens (including phenoxy) is 2. The van der Waals surface area contributed by atoms with Gasteiger partial charge in [0.1, 0.15) is 5.75 Å². The number of nitrogens with zero attached hydrogens (tertiary/aromatic N) is 5. The molecule has 0 aliphatic heterocycles. The molecule has 3 heterocycles. The average molecular weight is 499 g/mol. The fourth-order valence-electron chi connectivity index (χ4n) is 3.04. The fourth-order valence-corrected chi connectivity index (χ4v) is 3.04. The molecule has 4 rings (SSSR count). The molecule has 0 aliphatic carbocycles. The second-order valence-electron chi connectivity index (χ2n) is 7.08. The van der Waals surface area contributed by atoms with E-state index < -0.39 is 29.2 Å². The first-order chi connectivity index (χ1) is 17.2. The van der Waals surface area contributed by atoms with Gasteiger partial charge in [-0.1, -0.05) is 6.07 Å². The third-order valence-electron chi connectivity index (χ3n) is 4.67. The first-order valence-corrected chi connectivity index (χ1v) is 10.0. The lowest BCUT2D eigenvalue weighted by atomic mass is 10.2. The molecular weight excluding hydrogens is 483 g/mol. The number of alkyl halides is 3. The van der Waals surface area contributed by atoms with Gasteiger partial charge in [-0.2, -0.15) is 18.3 Å². The number of benzene rings is 1. The van der Waals surface area contributed by atoms with Crippen LogP contribution in [0.2, 0.25) is 0 Å². The molecule has 0 radical (unpaired) electrons. The van der Waals surface area contributed by atoms with Crippen molar-refractivity contribution in [3.8, 4) is 23.3 Å². The van der Waals surface area contributed by atoms with Gasteiger partial charge in [-0.15, -0.1) is 10.2 Å². The van der Waals surface area contributed by atoms with E-state index in [1.54, 1.807) is 12.1 Å². The van der Waals surface area contributed by atoms with Gasteiger partial charge in [0.25, 0.3) is 5.91 Å². The maximum atomic E-state index is 13.8. The van der Waals surface area contributed by atoms with Crippen LogP contribution in [0.5, 0.6) is 17.5 Å². The molecular formula is C22H16F3N7O4. The molecule has 4 aromatic rings. The standard InChI is InChI=1S/C22H16F3N7O4/c1-35-18-8-6-16(30-31-18)32-19(22(23,24)25)15(11-28-32)21(34)29-13-5-7-17(27-10-13)36-14-4-2-3-12(9-14)20(26)33/h2-11H,1H3,(H2,26,33)(H,29,34). The summed E-state index contributed by atoms with van der Waals surface area (Å²) in [5.41, 5.74) is 3.51. The summed E-state index contributed by atoms with van der Waals surface area (Å²) in [4.78, 5) is 28.0. The molecule has 184 valence electrons. The fraction of sp³-hybridized carbons (Fsp3) is 0.0909. The average Bonchev–Trinajstić information content (AvgIpc) is 3.32. The number of hydrogen-bond donors (Lipinski definition) is 2. The van der Waals surface area contributed by atoms with E-state index >= 15 is 0 Å². The Labute approximate surface area is 200 Å². The van der Waals surface area contributed by atoms with E-state index in [2.05, 4.69) is 25.6 Å². The Bertz CT molecular complexity index is 1400. The maximum Gasteiger partial charge on any atom is 0.434 e. The van der Waals surface area contributed by atoms with Crippen molar-refractivity contribution in [2.24, 2.45) is 5.73 Å². The number of rotatable bonds is 7. The number of hydrogen-bond acceptors (Lipinski definition) is 8. The van der Waals surface area contributed by atoms with Crippen LogP contribution in [0.15, 0.2) is 60.9 Å². The van der Waals surface area contributed by atoms with Crippen LogP contribution in [0.3, 0.4) is 0 Å². The van der Waals surface area contributed by atoms with Gasteiger partial charge < -0.3 is 20.5 Å². The number of nitrogens with one attached hydrogen (secondary N) is 1. The van der Waals surface area contributed by atoms with Gasteiger partial charge in [0.05, 0.1) is 30.8 Å². The van der Waals surface area contributed by atoms with Gasteiger partial charge in [-0.05, 0) is 30.3 Å². The van der Waals surface area contributed by atoms with Gasteiger partial charge in [-0.3, -0.25) is 9.59 Å². The number of carbonyl (C=O) groups excluding carboxylic acids is 2. The smallest absolute Gasteiger partial charge is 0.434 e. The minimum absolute atomic E-state index is 0.0953. The molecule has 11 nitrogen and oxygen atoms in total. The quantitative estimate of drug-likeness (QED) is 0.394.